The van der Waals surface area contributed by atoms with Gasteiger partial charge in [0, 0.05) is 22.2 Å². The number of carbonyl (C=O) groups excluding carboxylic acids is 1. The number of benzene rings is 2. The largest absolute Gasteiger partial charge is 0.358 e. The molecule has 1 atom stereocenters. The van der Waals surface area contributed by atoms with E-state index >= 15 is 0 Å². The van der Waals surface area contributed by atoms with Crippen LogP contribution in [0.3, 0.4) is 0 Å². The smallest absolute Gasteiger partial charge is 0.219 e. The fourth-order valence-corrected chi connectivity index (χ4v) is 3.19. The van der Waals surface area contributed by atoms with Crippen LogP contribution in [-0.4, -0.2) is 24.4 Å². The third-order valence-corrected chi connectivity index (χ3v) is 4.39. The monoisotopic (exact) mass is 307 g/mol. The molecular weight excluding hydrogens is 284 g/mol. The molecule has 3 nitrogen and oxygen atoms in total. The number of carbonyl (C=O) groups is 1. The minimum Gasteiger partial charge on any atom is -0.358 e. The highest BCUT2D eigenvalue weighted by Gasteiger charge is 2.19. The summed E-state index contributed by atoms with van der Waals surface area (Å²) in [6.07, 6.45) is 0. The minimum absolute atomic E-state index is 0.200. The molecule has 1 heterocycles. The van der Waals surface area contributed by atoms with Crippen LogP contribution in [0.25, 0.3) is 10.9 Å². The molecule has 2 N–H and O–H groups in total. The molecule has 0 amide bonds. The van der Waals surface area contributed by atoms with Crippen LogP contribution in [-0.2, 0) is 6.54 Å². The molecule has 3 aromatic rings. The number of rotatable bonds is 5. The van der Waals surface area contributed by atoms with Crippen LogP contribution in [0.15, 0.2) is 48.5 Å². The van der Waals surface area contributed by atoms with Gasteiger partial charge in [0.1, 0.15) is 13.1 Å². The van der Waals surface area contributed by atoms with Crippen molar-refractivity contribution in [3.8, 4) is 0 Å². The summed E-state index contributed by atoms with van der Waals surface area (Å²) in [6, 6.07) is 16.4. The van der Waals surface area contributed by atoms with Gasteiger partial charge in [-0.3, -0.25) is 4.79 Å². The van der Waals surface area contributed by atoms with E-state index in [1.807, 2.05) is 31.2 Å². The van der Waals surface area contributed by atoms with Crippen LogP contribution in [0.5, 0.6) is 0 Å². The molecular formula is C20H23N2O+. The van der Waals surface area contributed by atoms with Crippen molar-refractivity contribution in [1.29, 1.82) is 0 Å². The predicted octanol–water partition coefficient (Wildman–Crippen LogP) is 2.68. The van der Waals surface area contributed by atoms with Crippen LogP contribution < -0.4 is 4.90 Å². The molecule has 0 fully saturated rings. The summed E-state index contributed by atoms with van der Waals surface area (Å²) < 4.78 is 0. The Hall–Kier alpha value is -2.39. The van der Waals surface area contributed by atoms with E-state index in [0.29, 0.717) is 6.54 Å². The topological polar surface area (TPSA) is 37.3 Å². The summed E-state index contributed by atoms with van der Waals surface area (Å²) in [5.41, 5.74) is 5.41. The second-order valence-electron chi connectivity index (χ2n) is 6.33. The zero-order chi connectivity index (χ0) is 16.4. The molecule has 0 radical (unpaired) electrons. The highest BCUT2D eigenvalue weighted by molar-refractivity contribution is 6.09. The van der Waals surface area contributed by atoms with Crippen molar-refractivity contribution in [1.82, 2.24) is 4.98 Å². The number of hydrogen-bond acceptors (Lipinski definition) is 1. The van der Waals surface area contributed by atoms with E-state index in [9.17, 15) is 4.79 Å². The van der Waals surface area contributed by atoms with Gasteiger partial charge in [-0.15, -0.1) is 0 Å². The van der Waals surface area contributed by atoms with Gasteiger partial charge in [0.2, 0.25) is 5.78 Å². The fraction of sp³-hybridized carbons (Fsp3) is 0.250. The second-order valence-corrected chi connectivity index (χ2v) is 6.33. The maximum absolute atomic E-state index is 12.8. The van der Waals surface area contributed by atoms with Crippen LogP contribution in [0.2, 0.25) is 0 Å². The Kier molecular flexibility index (Phi) is 4.30. The van der Waals surface area contributed by atoms with Gasteiger partial charge in [-0.1, -0.05) is 42.5 Å². The van der Waals surface area contributed by atoms with Crippen LogP contribution >= 0.6 is 0 Å². The number of para-hydroxylation sites is 1. The van der Waals surface area contributed by atoms with E-state index in [2.05, 4.69) is 43.2 Å². The van der Waals surface area contributed by atoms with E-state index in [0.717, 1.165) is 28.7 Å². The Labute approximate surface area is 136 Å². The molecule has 0 saturated carbocycles. The van der Waals surface area contributed by atoms with Gasteiger partial charge in [-0.25, -0.2) is 0 Å². The predicted molar refractivity (Wildman–Crippen MR) is 94.0 cm³/mol. The van der Waals surface area contributed by atoms with Gasteiger partial charge >= 0.3 is 0 Å². The molecule has 0 aliphatic carbocycles. The molecule has 3 heteroatoms. The molecule has 0 aliphatic rings. The van der Waals surface area contributed by atoms with Gasteiger partial charge in [0.05, 0.1) is 12.6 Å². The average Bonchev–Trinajstić information content (AvgIpc) is 2.85. The molecule has 0 spiro atoms. The Bertz CT molecular complexity index is 848. The number of likely N-dealkylation sites (N-methyl/N-ethyl adjacent to an activating group) is 1. The molecule has 1 aromatic heterocycles. The third kappa shape index (κ3) is 3.20. The van der Waals surface area contributed by atoms with Crippen molar-refractivity contribution in [2.24, 2.45) is 0 Å². The van der Waals surface area contributed by atoms with Crippen molar-refractivity contribution in [3.63, 3.8) is 0 Å². The minimum atomic E-state index is 0.200. The highest BCUT2D eigenvalue weighted by atomic mass is 16.1. The number of nitrogens with one attached hydrogen (secondary N) is 2. The zero-order valence-corrected chi connectivity index (χ0v) is 13.9. The number of hydrogen-bond donors (Lipinski definition) is 2. The van der Waals surface area contributed by atoms with E-state index in [1.165, 1.54) is 16.0 Å². The summed E-state index contributed by atoms with van der Waals surface area (Å²) in [6.45, 7) is 5.45. The fourth-order valence-electron chi connectivity index (χ4n) is 3.19. The lowest BCUT2D eigenvalue weighted by molar-refractivity contribution is -0.884. The van der Waals surface area contributed by atoms with Gasteiger partial charge < -0.3 is 9.88 Å². The first-order chi connectivity index (χ1) is 11.1. The van der Waals surface area contributed by atoms with E-state index < -0.39 is 0 Å². The molecule has 0 bridgehead atoms. The normalized spacial score (nSPS) is 12.5. The first-order valence-corrected chi connectivity index (χ1v) is 8.02. The maximum atomic E-state index is 12.8. The molecule has 0 aliphatic heterocycles. The maximum Gasteiger partial charge on any atom is 0.219 e. The number of aromatic nitrogens is 1. The third-order valence-electron chi connectivity index (χ3n) is 4.39. The van der Waals surface area contributed by atoms with Crippen molar-refractivity contribution < 1.29 is 9.69 Å². The molecule has 3 rings (SSSR count). The Morgan fingerprint density at radius 2 is 1.74 bits per heavy atom. The first-order valence-electron chi connectivity index (χ1n) is 8.02. The van der Waals surface area contributed by atoms with Gasteiger partial charge in [0.25, 0.3) is 0 Å². The van der Waals surface area contributed by atoms with E-state index in [4.69, 9.17) is 0 Å². The first kappa shape index (κ1) is 15.5. The van der Waals surface area contributed by atoms with Crippen molar-refractivity contribution in [2.45, 2.75) is 20.4 Å². The Morgan fingerprint density at radius 3 is 2.52 bits per heavy atom. The Balaban J connectivity index is 1.78. The number of Topliss-reactive ketones (excluding diaryl/α,β-unsaturated/α-hetero) is 1. The number of aromatic amines is 1. The van der Waals surface area contributed by atoms with Crippen molar-refractivity contribution in [3.05, 3.63) is 70.9 Å². The van der Waals surface area contributed by atoms with Crippen LogP contribution in [0.1, 0.15) is 27.2 Å². The summed E-state index contributed by atoms with van der Waals surface area (Å²) in [7, 11) is 2.08. The van der Waals surface area contributed by atoms with Gasteiger partial charge in [0.15, 0.2) is 0 Å². The molecule has 1 unspecified atom stereocenters. The standard InChI is InChI=1S/C20H22N2O/c1-14-8-4-5-9-16(14)12-22(3)13-19(23)20-15(2)21-18-11-7-6-10-17(18)20/h4-11,21H,12-13H2,1-3H3/p+1. The van der Waals surface area contributed by atoms with E-state index in [-0.39, 0.29) is 5.78 Å². The van der Waals surface area contributed by atoms with Crippen molar-refractivity contribution >= 4 is 16.7 Å². The summed E-state index contributed by atoms with van der Waals surface area (Å²) in [5.74, 6) is 0.200. The molecule has 118 valence electrons. The summed E-state index contributed by atoms with van der Waals surface area (Å²) in [4.78, 5) is 17.3. The number of fused-ring (bicyclic) bond motifs is 1. The van der Waals surface area contributed by atoms with Gasteiger partial charge in [-0.2, -0.15) is 0 Å². The van der Waals surface area contributed by atoms with Crippen molar-refractivity contribution in [2.75, 3.05) is 13.6 Å². The quantitative estimate of drug-likeness (QED) is 0.699. The number of quaternary nitrogens is 1. The Morgan fingerprint density at radius 1 is 1.04 bits per heavy atom. The SMILES string of the molecule is Cc1ccccc1C[NH+](C)CC(=O)c1c(C)[nH]c2ccccc12. The number of ketones is 1. The van der Waals surface area contributed by atoms with Gasteiger partial charge in [-0.05, 0) is 25.5 Å². The lowest BCUT2D eigenvalue weighted by Crippen LogP contribution is -3.08. The lowest BCUT2D eigenvalue weighted by Gasteiger charge is -2.14. The highest BCUT2D eigenvalue weighted by Crippen LogP contribution is 2.21. The number of H-pyrrole nitrogens is 1. The summed E-state index contributed by atoms with van der Waals surface area (Å²) in [5, 5.41) is 1.03. The average molecular weight is 307 g/mol. The summed E-state index contributed by atoms with van der Waals surface area (Å²) >= 11 is 0. The van der Waals surface area contributed by atoms with Crippen LogP contribution in [0.4, 0.5) is 0 Å². The zero-order valence-electron chi connectivity index (χ0n) is 13.9. The molecule has 0 saturated heterocycles. The molecule has 2 aromatic carbocycles. The molecule has 23 heavy (non-hydrogen) atoms. The lowest BCUT2D eigenvalue weighted by atomic mass is 10.1. The number of aryl methyl sites for hydroxylation is 2. The van der Waals surface area contributed by atoms with E-state index in [1.54, 1.807) is 0 Å². The van der Waals surface area contributed by atoms with Crippen LogP contribution in [0, 0.1) is 13.8 Å². The second kappa shape index (κ2) is 6.39.